The van der Waals surface area contributed by atoms with E-state index in [0.29, 0.717) is 23.8 Å². The molecule has 3 aromatic carbocycles. The first-order chi connectivity index (χ1) is 15.1. The number of carbonyl (C=O) groups is 1. The summed E-state index contributed by atoms with van der Waals surface area (Å²) in [6, 6.07) is 24.5. The molecule has 2 aliphatic rings. The van der Waals surface area contributed by atoms with E-state index in [0.717, 1.165) is 30.8 Å². The van der Waals surface area contributed by atoms with Crippen LogP contribution >= 0.6 is 0 Å². The van der Waals surface area contributed by atoms with Crippen LogP contribution in [0, 0.1) is 6.92 Å². The topological polar surface area (TPSA) is 34.0 Å². The normalized spacial score (nSPS) is 22.0. The molecule has 4 heteroatoms. The first kappa shape index (κ1) is 19.8. The second-order valence-corrected chi connectivity index (χ2v) is 8.88. The van der Waals surface area contributed by atoms with E-state index in [1.807, 2.05) is 54.6 Å². The van der Waals surface area contributed by atoms with Gasteiger partial charge < -0.3 is 14.5 Å². The van der Waals surface area contributed by atoms with Gasteiger partial charge in [-0.2, -0.15) is 0 Å². The minimum Gasteiger partial charge on any atom is -0.488 e. The van der Waals surface area contributed by atoms with Crippen LogP contribution in [0.5, 0.6) is 5.75 Å². The molecule has 1 fully saturated rings. The van der Waals surface area contributed by atoms with Gasteiger partial charge in [0, 0.05) is 12.1 Å². The lowest BCUT2D eigenvalue weighted by Crippen LogP contribution is -3.11. The number of carbonyl (C=O) groups excluding carboxylic acids is 1. The number of piperidine rings is 1. The number of likely N-dealkylation sites (tertiary alicyclic amines) is 1. The van der Waals surface area contributed by atoms with E-state index < -0.39 is 0 Å². The fourth-order valence-electron chi connectivity index (χ4n) is 5.10. The molecule has 1 amide bonds. The molecule has 5 rings (SSSR count). The molecule has 4 nitrogen and oxygen atoms in total. The molecule has 0 bridgehead atoms. The van der Waals surface area contributed by atoms with Crippen LogP contribution in [0.1, 0.15) is 39.4 Å². The highest BCUT2D eigenvalue weighted by Crippen LogP contribution is 2.44. The van der Waals surface area contributed by atoms with Crippen molar-refractivity contribution in [1.82, 2.24) is 0 Å². The predicted molar refractivity (Wildman–Crippen MR) is 123 cm³/mol. The molecule has 0 aromatic heterocycles. The van der Waals surface area contributed by atoms with Crippen LogP contribution in [0.15, 0.2) is 72.8 Å². The van der Waals surface area contributed by atoms with Gasteiger partial charge in [-0.3, -0.25) is 4.79 Å². The molecule has 2 aliphatic heterocycles. The van der Waals surface area contributed by atoms with Crippen molar-refractivity contribution in [3.8, 4) is 5.75 Å². The van der Waals surface area contributed by atoms with Gasteiger partial charge in [0.05, 0.1) is 37.7 Å². The molecule has 0 spiro atoms. The molecule has 3 atom stereocenters. The van der Waals surface area contributed by atoms with Gasteiger partial charge in [-0.1, -0.05) is 60.2 Å². The third-order valence-corrected chi connectivity index (χ3v) is 6.65. The Morgan fingerprint density at radius 1 is 1.06 bits per heavy atom. The third-order valence-electron chi connectivity index (χ3n) is 6.65. The lowest BCUT2D eigenvalue weighted by Gasteiger charge is -2.34. The Labute approximate surface area is 184 Å². The number of ether oxygens (including phenoxy) is 1. The lowest BCUT2D eigenvalue weighted by molar-refractivity contribution is -0.886. The maximum atomic E-state index is 13.9. The highest BCUT2D eigenvalue weighted by molar-refractivity contribution is 6.09. The Morgan fingerprint density at radius 2 is 1.84 bits per heavy atom. The van der Waals surface area contributed by atoms with Gasteiger partial charge in [0.1, 0.15) is 12.4 Å². The van der Waals surface area contributed by atoms with Crippen LogP contribution in [0.3, 0.4) is 0 Å². The number of rotatable bonds is 4. The SMILES string of the molecule is Cc1ccc2c(c1)[C@@H]1C[NH+](C)CC[C@@H]1N2C(=O)c1ccccc1OCc1ccccc1. The molecular formula is C27H29N2O2+. The lowest BCUT2D eigenvalue weighted by atomic mass is 9.88. The average molecular weight is 414 g/mol. The van der Waals surface area contributed by atoms with Crippen LogP contribution in [0.4, 0.5) is 5.69 Å². The predicted octanol–water partition coefficient (Wildman–Crippen LogP) is 3.61. The number of fused-ring (bicyclic) bond motifs is 3. The highest BCUT2D eigenvalue weighted by atomic mass is 16.5. The largest absolute Gasteiger partial charge is 0.488 e. The minimum atomic E-state index is 0.0424. The van der Waals surface area contributed by atoms with Gasteiger partial charge in [-0.15, -0.1) is 0 Å². The molecule has 1 saturated heterocycles. The number of benzene rings is 3. The second-order valence-electron chi connectivity index (χ2n) is 8.88. The first-order valence-electron chi connectivity index (χ1n) is 11.1. The number of amides is 1. The fourth-order valence-corrected chi connectivity index (χ4v) is 5.10. The zero-order chi connectivity index (χ0) is 21.4. The van der Waals surface area contributed by atoms with Crippen molar-refractivity contribution in [2.24, 2.45) is 0 Å². The van der Waals surface area contributed by atoms with Crippen LogP contribution in [-0.4, -0.2) is 32.1 Å². The summed E-state index contributed by atoms with van der Waals surface area (Å²) < 4.78 is 6.11. The Hall–Kier alpha value is -3.11. The van der Waals surface area contributed by atoms with Gasteiger partial charge in [0.15, 0.2) is 0 Å². The number of hydrogen-bond donors (Lipinski definition) is 1. The van der Waals surface area contributed by atoms with Crippen LogP contribution in [-0.2, 0) is 6.61 Å². The summed E-state index contributed by atoms with van der Waals surface area (Å²) in [4.78, 5) is 17.5. The van der Waals surface area contributed by atoms with E-state index in [9.17, 15) is 4.79 Å². The van der Waals surface area contributed by atoms with Gasteiger partial charge in [-0.05, 0) is 36.2 Å². The zero-order valence-electron chi connectivity index (χ0n) is 18.2. The molecule has 1 N–H and O–H groups in total. The number of para-hydroxylation sites is 1. The van der Waals surface area contributed by atoms with E-state index in [1.165, 1.54) is 16.0 Å². The highest BCUT2D eigenvalue weighted by Gasteiger charge is 2.46. The molecule has 1 unspecified atom stereocenters. The van der Waals surface area contributed by atoms with E-state index in [2.05, 4.69) is 37.1 Å². The molecule has 0 saturated carbocycles. The Bertz CT molecular complexity index is 1100. The summed E-state index contributed by atoms with van der Waals surface area (Å²) in [5, 5.41) is 0. The fraction of sp³-hybridized carbons (Fsp3) is 0.296. The van der Waals surface area contributed by atoms with Gasteiger partial charge in [0.25, 0.3) is 5.91 Å². The number of nitrogens with zero attached hydrogens (tertiary/aromatic N) is 1. The number of aryl methyl sites for hydroxylation is 1. The molecule has 158 valence electrons. The Kier molecular flexibility index (Phi) is 5.24. The van der Waals surface area contributed by atoms with Crippen molar-refractivity contribution in [2.75, 3.05) is 25.0 Å². The number of anilines is 1. The van der Waals surface area contributed by atoms with Gasteiger partial charge in [0.2, 0.25) is 0 Å². The number of quaternary nitrogens is 1. The standard InChI is InChI=1S/C27H28N2O2/c1-19-12-13-24-22(16-19)23-17-28(2)15-14-25(23)29(24)27(30)21-10-6-7-11-26(21)31-18-20-8-4-3-5-9-20/h3-13,16,23,25H,14-15,17-18H2,1-2H3/p+1/t23-,25-/m0/s1. The van der Waals surface area contributed by atoms with Crippen LogP contribution in [0.2, 0.25) is 0 Å². The third kappa shape index (κ3) is 3.72. The van der Waals surface area contributed by atoms with E-state index >= 15 is 0 Å². The molecule has 0 radical (unpaired) electrons. The summed E-state index contributed by atoms with van der Waals surface area (Å²) in [7, 11) is 2.25. The Morgan fingerprint density at radius 3 is 2.68 bits per heavy atom. The van der Waals surface area contributed by atoms with Crippen molar-refractivity contribution >= 4 is 11.6 Å². The quantitative estimate of drug-likeness (QED) is 0.709. The van der Waals surface area contributed by atoms with Crippen molar-refractivity contribution < 1.29 is 14.4 Å². The van der Waals surface area contributed by atoms with Crippen molar-refractivity contribution in [2.45, 2.75) is 31.9 Å². The summed E-state index contributed by atoms with van der Waals surface area (Å²) in [5.74, 6) is 1.08. The van der Waals surface area contributed by atoms with Crippen molar-refractivity contribution in [1.29, 1.82) is 0 Å². The molecule has 31 heavy (non-hydrogen) atoms. The maximum Gasteiger partial charge on any atom is 0.262 e. The second kappa shape index (κ2) is 8.20. The minimum absolute atomic E-state index is 0.0424. The molecular weight excluding hydrogens is 384 g/mol. The van der Waals surface area contributed by atoms with Crippen molar-refractivity contribution in [3.05, 3.63) is 95.1 Å². The zero-order valence-corrected chi connectivity index (χ0v) is 18.2. The van der Waals surface area contributed by atoms with E-state index in [-0.39, 0.29) is 11.9 Å². The summed E-state index contributed by atoms with van der Waals surface area (Å²) in [5.41, 5.74) is 5.36. The summed E-state index contributed by atoms with van der Waals surface area (Å²) >= 11 is 0. The van der Waals surface area contributed by atoms with Gasteiger partial charge in [-0.25, -0.2) is 0 Å². The summed E-state index contributed by atoms with van der Waals surface area (Å²) in [6.45, 7) is 4.73. The van der Waals surface area contributed by atoms with Crippen LogP contribution in [0.25, 0.3) is 0 Å². The molecule has 2 heterocycles. The average Bonchev–Trinajstić information content (AvgIpc) is 3.11. The number of nitrogens with one attached hydrogen (secondary N) is 1. The Balaban J connectivity index is 1.48. The maximum absolute atomic E-state index is 13.9. The van der Waals surface area contributed by atoms with E-state index in [4.69, 9.17) is 4.74 Å². The molecule has 3 aromatic rings. The monoisotopic (exact) mass is 413 g/mol. The van der Waals surface area contributed by atoms with Crippen LogP contribution < -0.4 is 14.5 Å². The smallest absolute Gasteiger partial charge is 0.262 e. The molecule has 0 aliphatic carbocycles. The first-order valence-corrected chi connectivity index (χ1v) is 11.1. The number of likely N-dealkylation sites (N-methyl/N-ethyl adjacent to an activating group) is 1. The number of hydrogen-bond acceptors (Lipinski definition) is 2. The van der Waals surface area contributed by atoms with Crippen molar-refractivity contribution in [3.63, 3.8) is 0 Å². The van der Waals surface area contributed by atoms with Gasteiger partial charge >= 0.3 is 0 Å². The summed E-state index contributed by atoms with van der Waals surface area (Å²) in [6.07, 6.45) is 1.02. The van der Waals surface area contributed by atoms with E-state index in [1.54, 1.807) is 0 Å².